The summed E-state index contributed by atoms with van der Waals surface area (Å²) in [6.07, 6.45) is -10.7. The standard InChI is InChI=1S/C9H6F6N4O/c1-19-6(4(2-16)3-17-19)18-7(20)5(8(10,11)12)9(13,14)15/h3,5H,1H3,(H,18,20). The third-order valence-corrected chi connectivity index (χ3v) is 2.22. The molecule has 0 aliphatic heterocycles. The van der Waals surface area contributed by atoms with Crippen molar-refractivity contribution in [2.45, 2.75) is 12.4 Å². The van der Waals surface area contributed by atoms with Crippen LogP contribution in [0.4, 0.5) is 32.2 Å². The maximum atomic E-state index is 12.3. The van der Waals surface area contributed by atoms with Crippen LogP contribution in [-0.2, 0) is 11.8 Å². The Morgan fingerprint density at radius 3 is 2.25 bits per heavy atom. The maximum Gasteiger partial charge on any atom is 0.409 e. The zero-order valence-corrected chi connectivity index (χ0v) is 9.67. The summed E-state index contributed by atoms with van der Waals surface area (Å²) in [5.41, 5.74) is -0.357. The number of aromatic nitrogens is 2. The van der Waals surface area contributed by atoms with Gasteiger partial charge in [0, 0.05) is 7.05 Å². The molecule has 0 fully saturated rings. The first-order valence-electron chi connectivity index (χ1n) is 4.85. The Labute approximate surface area is 107 Å². The predicted molar refractivity (Wildman–Crippen MR) is 52.2 cm³/mol. The van der Waals surface area contributed by atoms with Crippen molar-refractivity contribution in [3.8, 4) is 6.07 Å². The van der Waals surface area contributed by atoms with E-state index in [2.05, 4.69) is 5.10 Å². The third-order valence-electron chi connectivity index (χ3n) is 2.22. The molecule has 0 aromatic carbocycles. The molecule has 0 aliphatic carbocycles. The molecule has 110 valence electrons. The molecule has 0 saturated carbocycles. The molecule has 11 heteroatoms. The molecule has 20 heavy (non-hydrogen) atoms. The van der Waals surface area contributed by atoms with Crippen molar-refractivity contribution in [2.75, 3.05) is 5.32 Å². The second kappa shape index (κ2) is 5.03. The van der Waals surface area contributed by atoms with Gasteiger partial charge in [0.05, 0.1) is 6.20 Å². The largest absolute Gasteiger partial charge is 0.409 e. The Morgan fingerprint density at radius 2 is 1.85 bits per heavy atom. The number of carbonyl (C=O) groups excluding carboxylic acids is 1. The van der Waals surface area contributed by atoms with Gasteiger partial charge in [0.25, 0.3) is 0 Å². The van der Waals surface area contributed by atoms with Gasteiger partial charge in [0.1, 0.15) is 17.5 Å². The van der Waals surface area contributed by atoms with E-state index in [9.17, 15) is 31.1 Å². The molecule has 0 unspecified atom stereocenters. The van der Waals surface area contributed by atoms with Gasteiger partial charge in [0.2, 0.25) is 11.8 Å². The van der Waals surface area contributed by atoms with E-state index in [1.807, 2.05) is 0 Å². The maximum absolute atomic E-state index is 12.3. The smallest absolute Gasteiger partial charge is 0.309 e. The van der Waals surface area contributed by atoms with Crippen molar-refractivity contribution in [3.63, 3.8) is 0 Å². The first kappa shape index (κ1) is 15.8. The lowest BCUT2D eigenvalue weighted by Gasteiger charge is -2.22. The number of rotatable bonds is 2. The molecule has 1 amide bonds. The number of hydrogen-bond donors (Lipinski definition) is 1. The minimum absolute atomic E-state index is 0.357. The van der Waals surface area contributed by atoms with Crippen LogP contribution in [0.1, 0.15) is 5.56 Å². The van der Waals surface area contributed by atoms with Gasteiger partial charge < -0.3 is 5.32 Å². The van der Waals surface area contributed by atoms with Gasteiger partial charge in [-0.1, -0.05) is 0 Å². The molecule has 1 heterocycles. The van der Waals surface area contributed by atoms with Gasteiger partial charge >= 0.3 is 12.4 Å². The molecule has 1 aromatic heterocycles. The minimum Gasteiger partial charge on any atom is -0.309 e. The van der Waals surface area contributed by atoms with Gasteiger partial charge in [0.15, 0.2) is 0 Å². The number of halogens is 6. The van der Waals surface area contributed by atoms with Gasteiger partial charge in [-0.3, -0.25) is 9.48 Å². The Kier molecular flexibility index (Phi) is 3.97. The van der Waals surface area contributed by atoms with E-state index in [1.165, 1.54) is 11.4 Å². The van der Waals surface area contributed by atoms with Gasteiger partial charge in [-0.05, 0) is 0 Å². The summed E-state index contributed by atoms with van der Waals surface area (Å²) in [6, 6.07) is 1.48. The SMILES string of the molecule is Cn1ncc(C#N)c1NC(=O)C(C(F)(F)F)C(F)(F)F. The van der Waals surface area contributed by atoms with Crippen molar-refractivity contribution in [3.05, 3.63) is 11.8 Å². The zero-order chi connectivity index (χ0) is 15.7. The highest BCUT2D eigenvalue weighted by molar-refractivity contribution is 5.93. The number of anilines is 1. The molecular formula is C9H6F6N4O. The Morgan fingerprint density at radius 1 is 1.35 bits per heavy atom. The fraction of sp³-hybridized carbons (Fsp3) is 0.444. The molecule has 5 nitrogen and oxygen atoms in total. The van der Waals surface area contributed by atoms with E-state index in [0.29, 0.717) is 0 Å². The summed E-state index contributed by atoms with van der Waals surface area (Å²) in [6.45, 7) is 0. The minimum atomic E-state index is -5.80. The van der Waals surface area contributed by atoms with E-state index in [-0.39, 0.29) is 5.56 Å². The number of nitrogens with zero attached hydrogens (tertiary/aromatic N) is 3. The van der Waals surface area contributed by atoms with E-state index in [4.69, 9.17) is 5.26 Å². The summed E-state index contributed by atoms with van der Waals surface area (Å²) in [5.74, 6) is -7.06. The monoisotopic (exact) mass is 300 g/mol. The van der Waals surface area contributed by atoms with E-state index in [1.54, 1.807) is 0 Å². The molecule has 0 atom stereocenters. The highest BCUT2D eigenvalue weighted by Gasteiger charge is 2.61. The summed E-state index contributed by atoms with van der Waals surface area (Å²) in [5, 5.41) is 13.5. The molecule has 1 aromatic rings. The van der Waals surface area contributed by atoms with Crippen LogP contribution in [0.25, 0.3) is 0 Å². The number of alkyl halides is 6. The Balaban J connectivity index is 3.11. The number of hydrogen-bond acceptors (Lipinski definition) is 3. The van der Waals surface area contributed by atoms with Gasteiger partial charge in [-0.2, -0.15) is 36.7 Å². The fourth-order valence-electron chi connectivity index (χ4n) is 1.34. The second-order valence-corrected chi connectivity index (χ2v) is 3.65. The zero-order valence-electron chi connectivity index (χ0n) is 9.67. The summed E-state index contributed by atoms with van der Waals surface area (Å²) in [4.78, 5) is 11.2. The Bertz CT molecular complexity index is 538. The predicted octanol–water partition coefficient (Wildman–Crippen LogP) is 1.97. The first-order valence-corrected chi connectivity index (χ1v) is 4.85. The van der Waals surface area contributed by atoms with Gasteiger partial charge in [-0.15, -0.1) is 0 Å². The molecule has 0 aliphatic rings. The third kappa shape index (κ3) is 3.19. The van der Waals surface area contributed by atoms with Crippen LogP contribution < -0.4 is 5.32 Å². The average Bonchev–Trinajstić information content (AvgIpc) is 2.55. The van der Waals surface area contributed by atoms with Crippen LogP contribution in [0.5, 0.6) is 0 Å². The van der Waals surface area contributed by atoms with Crippen LogP contribution in [0.3, 0.4) is 0 Å². The summed E-state index contributed by atoms with van der Waals surface area (Å²) < 4.78 is 74.6. The number of aryl methyl sites for hydroxylation is 1. The molecule has 0 spiro atoms. The van der Waals surface area contributed by atoms with E-state index >= 15 is 0 Å². The highest BCUT2D eigenvalue weighted by Crippen LogP contribution is 2.39. The summed E-state index contributed by atoms with van der Waals surface area (Å²) >= 11 is 0. The highest BCUT2D eigenvalue weighted by atomic mass is 19.4. The van der Waals surface area contributed by atoms with Crippen LogP contribution in [0.2, 0.25) is 0 Å². The van der Waals surface area contributed by atoms with Crippen molar-refractivity contribution < 1.29 is 31.1 Å². The van der Waals surface area contributed by atoms with E-state index < -0.39 is 30.0 Å². The van der Waals surface area contributed by atoms with Crippen LogP contribution in [-0.4, -0.2) is 28.0 Å². The number of carbonyl (C=O) groups is 1. The van der Waals surface area contributed by atoms with Crippen LogP contribution in [0.15, 0.2) is 6.20 Å². The lowest BCUT2D eigenvalue weighted by molar-refractivity contribution is -0.272. The molecule has 0 bridgehead atoms. The number of nitriles is 1. The van der Waals surface area contributed by atoms with Crippen molar-refractivity contribution in [2.24, 2.45) is 13.0 Å². The van der Waals surface area contributed by atoms with Crippen LogP contribution in [0, 0.1) is 17.2 Å². The number of nitrogens with one attached hydrogen (secondary N) is 1. The summed E-state index contributed by atoms with van der Waals surface area (Å²) in [7, 11) is 1.15. The Hall–Kier alpha value is -2.25. The van der Waals surface area contributed by atoms with E-state index in [0.717, 1.165) is 17.9 Å². The lowest BCUT2D eigenvalue weighted by Crippen LogP contribution is -2.45. The van der Waals surface area contributed by atoms with Crippen molar-refractivity contribution >= 4 is 11.7 Å². The fourth-order valence-corrected chi connectivity index (χ4v) is 1.34. The molecule has 0 saturated heterocycles. The topological polar surface area (TPSA) is 70.7 Å². The lowest BCUT2D eigenvalue weighted by atomic mass is 10.1. The van der Waals surface area contributed by atoms with Crippen LogP contribution >= 0.6 is 0 Å². The van der Waals surface area contributed by atoms with Crippen molar-refractivity contribution in [1.82, 2.24) is 9.78 Å². The second-order valence-electron chi connectivity index (χ2n) is 3.65. The normalized spacial score (nSPS) is 12.3. The van der Waals surface area contributed by atoms with Crippen molar-refractivity contribution in [1.29, 1.82) is 5.26 Å². The molecular weight excluding hydrogens is 294 g/mol. The molecule has 1 N–H and O–H groups in total. The molecule has 0 radical (unpaired) electrons. The first-order chi connectivity index (χ1) is 8.98. The average molecular weight is 300 g/mol. The number of amides is 1. The molecule has 1 rings (SSSR count). The quantitative estimate of drug-likeness (QED) is 0.849. The van der Waals surface area contributed by atoms with Gasteiger partial charge in [-0.25, -0.2) is 0 Å².